The molecule has 8 heavy (non-hydrogen) atoms. The predicted octanol–water partition coefficient (Wildman–Crippen LogP) is 2.48. The molecular weight excluding hydrogens is 98.1 g/mol. The Morgan fingerprint density at radius 1 is 1.62 bits per heavy atom. The first-order chi connectivity index (χ1) is 3.81. The molecule has 1 unspecified atom stereocenters. The number of unbranched alkanes of at least 4 members (excludes halogenated alkanes) is 1. The topological polar surface area (TPSA) is 4.36 Å². The summed E-state index contributed by atoms with van der Waals surface area (Å²) >= 11 is 0. The fourth-order valence-electron chi connectivity index (χ4n) is 0.564. The SMILES string of the molecule is [C-]#[N+]C(C)CCCC. The highest BCUT2D eigenvalue weighted by Gasteiger charge is 1.99. The molecule has 0 heterocycles. The average molecular weight is 111 g/mol. The van der Waals surface area contributed by atoms with Crippen LogP contribution in [0.25, 0.3) is 4.85 Å². The van der Waals surface area contributed by atoms with Crippen molar-refractivity contribution in [3.8, 4) is 0 Å². The lowest BCUT2D eigenvalue weighted by Gasteiger charge is -1.93. The van der Waals surface area contributed by atoms with Crippen molar-refractivity contribution in [3.63, 3.8) is 0 Å². The van der Waals surface area contributed by atoms with Crippen LogP contribution in [0.2, 0.25) is 0 Å². The average Bonchev–Trinajstić information content (AvgIpc) is 1.83. The van der Waals surface area contributed by atoms with Gasteiger partial charge in [0.15, 0.2) is 0 Å². The van der Waals surface area contributed by atoms with Crippen LogP contribution in [-0.4, -0.2) is 6.04 Å². The summed E-state index contributed by atoms with van der Waals surface area (Å²) in [6, 6.07) is 0.245. The lowest BCUT2D eigenvalue weighted by atomic mass is 10.2. The Morgan fingerprint density at radius 2 is 2.25 bits per heavy atom. The summed E-state index contributed by atoms with van der Waals surface area (Å²) in [6.07, 6.45) is 3.48. The summed E-state index contributed by atoms with van der Waals surface area (Å²) in [5.41, 5.74) is 0. The molecule has 0 aliphatic rings. The van der Waals surface area contributed by atoms with E-state index < -0.39 is 0 Å². The van der Waals surface area contributed by atoms with E-state index in [2.05, 4.69) is 11.8 Å². The molecule has 0 aromatic carbocycles. The summed E-state index contributed by atoms with van der Waals surface area (Å²) in [6.45, 7) is 10.7. The van der Waals surface area contributed by atoms with Crippen molar-refractivity contribution in [2.45, 2.75) is 39.2 Å². The first-order valence-corrected chi connectivity index (χ1v) is 3.17. The van der Waals surface area contributed by atoms with Gasteiger partial charge in [-0.1, -0.05) is 13.3 Å². The molecule has 0 radical (unpaired) electrons. The second-order valence-corrected chi connectivity index (χ2v) is 2.12. The molecule has 0 spiro atoms. The Kier molecular flexibility index (Phi) is 4.35. The fourth-order valence-corrected chi connectivity index (χ4v) is 0.564. The van der Waals surface area contributed by atoms with Gasteiger partial charge in [0.25, 0.3) is 0 Å². The molecule has 0 N–H and O–H groups in total. The van der Waals surface area contributed by atoms with Gasteiger partial charge in [0.05, 0.1) is 0 Å². The van der Waals surface area contributed by atoms with Crippen molar-refractivity contribution in [1.29, 1.82) is 0 Å². The number of rotatable bonds is 3. The second-order valence-electron chi connectivity index (χ2n) is 2.12. The van der Waals surface area contributed by atoms with Gasteiger partial charge in [-0.15, -0.1) is 0 Å². The highest BCUT2D eigenvalue weighted by molar-refractivity contribution is 4.71. The minimum absolute atomic E-state index is 0.245. The quantitative estimate of drug-likeness (QED) is 0.493. The number of nitrogens with zero attached hydrogens (tertiary/aromatic N) is 1. The van der Waals surface area contributed by atoms with Crippen molar-refractivity contribution >= 4 is 0 Å². The van der Waals surface area contributed by atoms with Crippen LogP contribution in [0.3, 0.4) is 0 Å². The Balaban J connectivity index is 3.02. The minimum atomic E-state index is 0.245. The van der Waals surface area contributed by atoms with E-state index in [1.165, 1.54) is 12.8 Å². The first kappa shape index (κ1) is 7.49. The van der Waals surface area contributed by atoms with E-state index in [1.54, 1.807) is 0 Å². The monoisotopic (exact) mass is 111 g/mol. The smallest absolute Gasteiger partial charge is 0.221 e. The minimum Gasteiger partial charge on any atom is -0.314 e. The first-order valence-electron chi connectivity index (χ1n) is 3.17. The van der Waals surface area contributed by atoms with Gasteiger partial charge in [0.2, 0.25) is 6.04 Å². The molecule has 0 fully saturated rings. The molecular formula is C7H13N. The van der Waals surface area contributed by atoms with Crippen LogP contribution >= 0.6 is 0 Å². The summed E-state index contributed by atoms with van der Waals surface area (Å²) in [5, 5.41) is 0. The third-order valence-corrected chi connectivity index (χ3v) is 1.20. The third-order valence-electron chi connectivity index (χ3n) is 1.20. The molecule has 1 heteroatoms. The highest BCUT2D eigenvalue weighted by Crippen LogP contribution is 2.01. The number of hydrogen-bond acceptors (Lipinski definition) is 0. The number of hydrogen-bond donors (Lipinski definition) is 0. The van der Waals surface area contributed by atoms with E-state index in [4.69, 9.17) is 6.57 Å². The molecule has 1 nitrogen and oxygen atoms in total. The van der Waals surface area contributed by atoms with Crippen LogP contribution in [0.15, 0.2) is 0 Å². The van der Waals surface area contributed by atoms with Gasteiger partial charge in [-0.05, 0) is 6.42 Å². The molecule has 0 bridgehead atoms. The second kappa shape index (κ2) is 4.64. The summed E-state index contributed by atoms with van der Waals surface area (Å²) < 4.78 is 0. The van der Waals surface area contributed by atoms with Gasteiger partial charge in [0.1, 0.15) is 0 Å². The zero-order valence-corrected chi connectivity index (χ0v) is 5.65. The van der Waals surface area contributed by atoms with Gasteiger partial charge in [-0.25, -0.2) is 6.57 Å². The molecule has 0 saturated heterocycles. The maximum atomic E-state index is 6.61. The van der Waals surface area contributed by atoms with E-state index in [1.807, 2.05) is 6.92 Å². The lowest BCUT2D eigenvalue weighted by molar-refractivity contribution is 0.670. The fraction of sp³-hybridized carbons (Fsp3) is 0.857. The van der Waals surface area contributed by atoms with Crippen LogP contribution in [-0.2, 0) is 0 Å². The molecule has 1 atom stereocenters. The Hall–Kier alpha value is -0.510. The van der Waals surface area contributed by atoms with Gasteiger partial charge < -0.3 is 4.85 Å². The van der Waals surface area contributed by atoms with Crippen LogP contribution in [0.5, 0.6) is 0 Å². The van der Waals surface area contributed by atoms with Crippen LogP contribution in [0.4, 0.5) is 0 Å². The lowest BCUT2D eigenvalue weighted by Crippen LogP contribution is -1.92. The largest absolute Gasteiger partial charge is 0.314 e. The molecule has 0 rings (SSSR count). The van der Waals surface area contributed by atoms with Crippen molar-refractivity contribution in [2.75, 3.05) is 0 Å². The van der Waals surface area contributed by atoms with Crippen molar-refractivity contribution in [3.05, 3.63) is 11.4 Å². The Bertz CT molecular complexity index is 80.9. The maximum absolute atomic E-state index is 6.61. The molecule has 0 aromatic rings. The van der Waals surface area contributed by atoms with Crippen LogP contribution in [0, 0.1) is 6.57 Å². The van der Waals surface area contributed by atoms with E-state index in [9.17, 15) is 0 Å². The summed E-state index contributed by atoms with van der Waals surface area (Å²) in [5.74, 6) is 0. The van der Waals surface area contributed by atoms with Gasteiger partial charge in [0, 0.05) is 13.3 Å². The van der Waals surface area contributed by atoms with Gasteiger partial charge in [-0.3, -0.25) is 0 Å². The zero-order valence-electron chi connectivity index (χ0n) is 5.65. The standard InChI is InChI=1S/C7H13N/c1-4-5-6-7(2)8-3/h7H,4-6H2,1-2H3. The van der Waals surface area contributed by atoms with E-state index >= 15 is 0 Å². The molecule has 0 aliphatic carbocycles. The highest BCUT2D eigenvalue weighted by atomic mass is 14.7. The third kappa shape index (κ3) is 3.67. The summed E-state index contributed by atoms with van der Waals surface area (Å²) in [4.78, 5) is 3.38. The Labute approximate surface area is 51.5 Å². The van der Waals surface area contributed by atoms with Crippen LogP contribution in [0.1, 0.15) is 33.1 Å². The molecule has 46 valence electrons. The van der Waals surface area contributed by atoms with E-state index in [0.717, 1.165) is 6.42 Å². The van der Waals surface area contributed by atoms with E-state index in [-0.39, 0.29) is 6.04 Å². The zero-order chi connectivity index (χ0) is 6.41. The maximum Gasteiger partial charge on any atom is 0.221 e. The van der Waals surface area contributed by atoms with Crippen molar-refractivity contribution in [2.24, 2.45) is 0 Å². The molecule has 0 amide bonds. The molecule has 0 saturated carbocycles. The predicted molar refractivity (Wildman–Crippen MR) is 35.6 cm³/mol. The summed E-state index contributed by atoms with van der Waals surface area (Å²) in [7, 11) is 0. The molecule has 0 aliphatic heterocycles. The van der Waals surface area contributed by atoms with Crippen molar-refractivity contribution < 1.29 is 0 Å². The molecule has 0 aromatic heterocycles. The van der Waals surface area contributed by atoms with Crippen LogP contribution < -0.4 is 0 Å². The van der Waals surface area contributed by atoms with Crippen molar-refractivity contribution in [1.82, 2.24) is 0 Å². The van der Waals surface area contributed by atoms with E-state index in [0.29, 0.717) is 0 Å². The Morgan fingerprint density at radius 3 is 2.62 bits per heavy atom. The van der Waals surface area contributed by atoms with Gasteiger partial charge in [-0.2, -0.15) is 0 Å². The normalized spacial score (nSPS) is 12.6. The van der Waals surface area contributed by atoms with Gasteiger partial charge >= 0.3 is 0 Å².